The van der Waals surface area contributed by atoms with E-state index in [1.54, 1.807) is 0 Å². The lowest BCUT2D eigenvalue weighted by atomic mass is 9.64. The number of nitrogens with zero attached hydrogens (tertiary/aromatic N) is 2. The Morgan fingerprint density at radius 3 is 2.67 bits per heavy atom. The lowest BCUT2D eigenvalue weighted by Gasteiger charge is -2.42. The molecule has 0 spiro atoms. The molecule has 6 heteroatoms. The smallest absolute Gasteiger partial charge is 0.308 e. The van der Waals surface area contributed by atoms with E-state index in [9.17, 15) is 4.79 Å². The van der Waals surface area contributed by atoms with Crippen molar-refractivity contribution in [1.82, 2.24) is 10.2 Å². The summed E-state index contributed by atoms with van der Waals surface area (Å²) < 4.78 is 6.03. The van der Waals surface area contributed by atoms with Crippen LogP contribution in [0.5, 0.6) is 0 Å². The van der Waals surface area contributed by atoms with Crippen molar-refractivity contribution in [3.63, 3.8) is 0 Å². The van der Waals surface area contributed by atoms with Crippen LogP contribution in [0, 0.1) is 5.92 Å². The molecule has 0 aromatic heterocycles. The molecule has 0 unspecified atom stereocenters. The number of methoxy groups -OCH3 is 1. The second-order valence-electron chi connectivity index (χ2n) is 7.60. The first-order chi connectivity index (χ1) is 13.1. The van der Waals surface area contributed by atoms with Crippen LogP contribution in [0.2, 0.25) is 0 Å². The van der Waals surface area contributed by atoms with Crippen molar-refractivity contribution in [2.75, 3.05) is 33.3 Å². The maximum absolute atomic E-state index is 11.8. The molecular weight excluding hydrogens is 406 g/mol. The molecule has 0 atom stereocenters. The number of piperidine rings is 1. The molecule has 2 aliphatic rings. The number of rotatable bonds is 5. The Morgan fingerprint density at radius 1 is 1.37 bits per heavy atom. The Balaban J connectivity index is 1.69. The summed E-state index contributed by atoms with van der Waals surface area (Å²) in [5, 5.41) is 3.44. The Labute approximate surface area is 170 Å². The molecule has 3 rings (SSSR count). The summed E-state index contributed by atoms with van der Waals surface area (Å²) in [5.74, 6) is 0.913. The quantitative estimate of drug-likeness (QED) is 0.434. The first-order valence-electron chi connectivity index (χ1n) is 9.95. The number of halogens is 1. The highest BCUT2D eigenvalue weighted by Gasteiger charge is 2.39. The fourth-order valence-corrected chi connectivity index (χ4v) is 4.50. The van der Waals surface area contributed by atoms with Crippen molar-refractivity contribution in [3.8, 4) is 0 Å². The minimum absolute atomic E-state index is 0.0220. The van der Waals surface area contributed by atoms with E-state index in [2.05, 4.69) is 57.3 Å². The fraction of sp³-hybridized carbons (Fsp3) is 0.619. The van der Waals surface area contributed by atoms with E-state index < -0.39 is 0 Å². The summed E-state index contributed by atoms with van der Waals surface area (Å²) in [6.45, 7) is 5.44. The Bertz CT molecular complexity index is 680. The van der Waals surface area contributed by atoms with E-state index in [1.807, 2.05) is 0 Å². The van der Waals surface area contributed by atoms with Crippen LogP contribution in [-0.4, -0.2) is 50.1 Å². The van der Waals surface area contributed by atoms with Gasteiger partial charge in [-0.25, -0.2) is 0 Å². The van der Waals surface area contributed by atoms with Crippen molar-refractivity contribution in [2.45, 2.75) is 44.4 Å². The molecule has 27 heavy (non-hydrogen) atoms. The zero-order valence-corrected chi connectivity index (χ0v) is 17.9. The zero-order chi connectivity index (χ0) is 19.3. The lowest BCUT2D eigenvalue weighted by Crippen LogP contribution is -2.47. The number of ether oxygens (including phenoxy) is 1. The van der Waals surface area contributed by atoms with Crippen molar-refractivity contribution in [3.05, 3.63) is 34.3 Å². The Morgan fingerprint density at radius 2 is 2.11 bits per heavy atom. The van der Waals surface area contributed by atoms with E-state index in [4.69, 9.17) is 9.73 Å². The molecule has 1 saturated carbocycles. The molecular formula is C21H30BrN3O2. The molecule has 1 saturated heterocycles. The average molecular weight is 436 g/mol. The molecule has 1 aliphatic heterocycles. The molecule has 1 aliphatic carbocycles. The van der Waals surface area contributed by atoms with Crippen molar-refractivity contribution in [1.29, 1.82) is 0 Å². The second-order valence-corrected chi connectivity index (χ2v) is 8.51. The van der Waals surface area contributed by atoms with Crippen LogP contribution < -0.4 is 5.32 Å². The van der Waals surface area contributed by atoms with Gasteiger partial charge in [0, 0.05) is 29.5 Å². The van der Waals surface area contributed by atoms with E-state index >= 15 is 0 Å². The van der Waals surface area contributed by atoms with E-state index in [0.29, 0.717) is 0 Å². The number of benzene rings is 1. The second kappa shape index (κ2) is 9.09. The Kier molecular flexibility index (Phi) is 6.79. The van der Waals surface area contributed by atoms with Crippen LogP contribution in [0.4, 0.5) is 0 Å². The van der Waals surface area contributed by atoms with Crippen LogP contribution in [-0.2, 0) is 14.9 Å². The third-order valence-corrected chi connectivity index (χ3v) is 6.44. The van der Waals surface area contributed by atoms with Gasteiger partial charge in [-0.1, -0.05) is 34.5 Å². The van der Waals surface area contributed by atoms with Gasteiger partial charge in [0.15, 0.2) is 5.96 Å². The van der Waals surface area contributed by atoms with Crippen molar-refractivity contribution in [2.24, 2.45) is 10.9 Å². The standard InChI is InChI=1S/C21H30BrN3O2/c1-3-23-20(25-12-8-16(9-13-25)19(26)27-2)24-15-21(10-5-11-21)17-6-4-7-18(22)14-17/h4,6-7,14,16H,3,5,8-13,15H2,1-2H3,(H,23,24). The molecule has 1 heterocycles. The summed E-state index contributed by atoms with van der Waals surface area (Å²) in [5.41, 5.74) is 1.54. The largest absolute Gasteiger partial charge is 0.469 e. The van der Waals surface area contributed by atoms with Gasteiger partial charge < -0.3 is 15.0 Å². The average Bonchev–Trinajstić information content (AvgIpc) is 2.66. The van der Waals surface area contributed by atoms with E-state index in [1.165, 1.54) is 31.9 Å². The van der Waals surface area contributed by atoms with Crippen LogP contribution in [0.15, 0.2) is 33.7 Å². The van der Waals surface area contributed by atoms with Gasteiger partial charge in [0.1, 0.15) is 0 Å². The highest BCUT2D eigenvalue weighted by Crippen LogP contribution is 2.44. The maximum Gasteiger partial charge on any atom is 0.308 e. The number of hydrogen-bond donors (Lipinski definition) is 1. The lowest BCUT2D eigenvalue weighted by molar-refractivity contribution is -0.146. The zero-order valence-electron chi connectivity index (χ0n) is 16.3. The number of carbonyl (C=O) groups is 1. The summed E-state index contributed by atoms with van der Waals surface area (Å²) in [7, 11) is 1.47. The molecule has 1 aromatic rings. The third kappa shape index (κ3) is 4.65. The molecule has 1 aromatic carbocycles. The number of likely N-dealkylation sites (tertiary alicyclic amines) is 1. The fourth-order valence-electron chi connectivity index (χ4n) is 4.11. The predicted molar refractivity (Wildman–Crippen MR) is 112 cm³/mol. The molecule has 0 bridgehead atoms. The monoisotopic (exact) mass is 435 g/mol. The Hall–Kier alpha value is -1.56. The number of nitrogens with one attached hydrogen (secondary N) is 1. The SMILES string of the molecule is CCNC(=NCC1(c2cccc(Br)c2)CCC1)N1CCC(C(=O)OC)CC1. The van der Waals surface area contributed by atoms with Crippen LogP contribution in [0.3, 0.4) is 0 Å². The van der Waals surface area contributed by atoms with Crippen molar-refractivity contribution < 1.29 is 9.53 Å². The first-order valence-corrected chi connectivity index (χ1v) is 10.7. The third-order valence-electron chi connectivity index (χ3n) is 5.94. The number of carbonyl (C=O) groups excluding carboxylic acids is 1. The van der Waals surface area contributed by atoms with Gasteiger partial charge in [-0.3, -0.25) is 9.79 Å². The van der Waals surface area contributed by atoms with E-state index in [0.717, 1.165) is 49.5 Å². The number of guanidine groups is 1. The molecule has 148 valence electrons. The van der Waals surface area contributed by atoms with Gasteiger partial charge in [0.25, 0.3) is 0 Å². The number of aliphatic imine (C=N–C) groups is 1. The van der Waals surface area contributed by atoms with Crippen LogP contribution in [0.1, 0.15) is 44.6 Å². The van der Waals surface area contributed by atoms with E-state index in [-0.39, 0.29) is 17.3 Å². The normalized spacial score (nSPS) is 20.1. The van der Waals surface area contributed by atoms with Gasteiger partial charge in [0.2, 0.25) is 0 Å². The van der Waals surface area contributed by atoms with Gasteiger partial charge in [-0.15, -0.1) is 0 Å². The minimum Gasteiger partial charge on any atom is -0.469 e. The molecule has 2 fully saturated rings. The van der Waals surface area contributed by atoms with Crippen LogP contribution in [0.25, 0.3) is 0 Å². The molecule has 1 N–H and O–H groups in total. The molecule has 0 radical (unpaired) electrons. The van der Waals surface area contributed by atoms with Crippen molar-refractivity contribution >= 4 is 27.9 Å². The van der Waals surface area contributed by atoms with Crippen LogP contribution >= 0.6 is 15.9 Å². The summed E-state index contributed by atoms with van der Waals surface area (Å²) in [6.07, 6.45) is 5.30. The van der Waals surface area contributed by atoms with Gasteiger partial charge in [-0.05, 0) is 50.3 Å². The summed E-state index contributed by atoms with van der Waals surface area (Å²) in [4.78, 5) is 19.1. The van der Waals surface area contributed by atoms with Gasteiger partial charge >= 0.3 is 5.97 Å². The summed E-state index contributed by atoms with van der Waals surface area (Å²) >= 11 is 3.60. The maximum atomic E-state index is 11.8. The molecule has 0 amide bonds. The minimum atomic E-state index is -0.0836. The summed E-state index contributed by atoms with van der Waals surface area (Å²) in [6, 6.07) is 8.67. The highest BCUT2D eigenvalue weighted by atomic mass is 79.9. The topological polar surface area (TPSA) is 53.9 Å². The number of esters is 1. The number of hydrogen-bond acceptors (Lipinski definition) is 3. The van der Waals surface area contributed by atoms with Gasteiger partial charge in [-0.2, -0.15) is 0 Å². The highest BCUT2D eigenvalue weighted by molar-refractivity contribution is 9.10. The molecule has 5 nitrogen and oxygen atoms in total. The predicted octanol–water partition coefficient (Wildman–Crippen LogP) is 3.72. The van der Waals surface area contributed by atoms with Gasteiger partial charge in [0.05, 0.1) is 19.6 Å². The first kappa shape index (κ1) is 20.2.